The predicted molar refractivity (Wildman–Crippen MR) is 74.4 cm³/mol. The molecule has 1 aromatic carbocycles. The Morgan fingerprint density at radius 1 is 1.17 bits per heavy atom. The van der Waals surface area contributed by atoms with Crippen LogP contribution in [-0.4, -0.2) is 41.4 Å². The van der Waals surface area contributed by atoms with Gasteiger partial charge in [0.05, 0.1) is 12.2 Å². The quantitative estimate of drug-likeness (QED) is 0.742. The zero-order valence-corrected chi connectivity index (χ0v) is 11.5. The molecule has 1 unspecified atom stereocenters. The molecule has 0 aliphatic carbocycles. The largest absolute Gasteiger partial charge is 0.395 e. The molecule has 3 heteroatoms. The Morgan fingerprint density at radius 2 is 1.83 bits per heavy atom. The molecule has 0 fully saturated rings. The van der Waals surface area contributed by atoms with E-state index in [0.717, 1.165) is 24.9 Å². The van der Waals surface area contributed by atoms with Gasteiger partial charge in [-0.05, 0) is 25.5 Å². The Morgan fingerprint density at radius 3 is 2.39 bits per heavy atom. The number of aliphatic hydroxyl groups excluding tert-OH is 1. The van der Waals surface area contributed by atoms with E-state index in [0.29, 0.717) is 13.1 Å². The highest BCUT2D eigenvalue weighted by atomic mass is 16.3. The second-order valence-electron chi connectivity index (χ2n) is 4.99. The summed E-state index contributed by atoms with van der Waals surface area (Å²) in [4.78, 5) is 2.12. The fraction of sp³-hybridized carbons (Fsp3) is 0.600. The normalized spacial score (nSPS) is 14.7. The molecule has 0 saturated carbocycles. The average molecular weight is 251 g/mol. The summed E-state index contributed by atoms with van der Waals surface area (Å²) in [5.74, 6) is 0. The van der Waals surface area contributed by atoms with Crippen LogP contribution in [0.2, 0.25) is 0 Å². The Labute approximate surface area is 110 Å². The van der Waals surface area contributed by atoms with E-state index in [1.54, 1.807) is 0 Å². The van der Waals surface area contributed by atoms with Gasteiger partial charge in [0.25, 0.3) is 0 Å². The molecule has 0 radical (unpaired) electrons. The van der Waals surface area contributed by atoms with Crippen LogP contribution in [0.5, 0.6) is 0 Å². The number of aliphatic hydroxyl groups is 2. The molecule has 0 aliphatic heterocycles. The third-order valence-corrected chi connectivity index (χ3v) is 3.17. The highest BCUT2D eigenvalue weighted by molar-refractivity contribution is 5.21. The molecule has 0 heterocycles. The highest BCUT2D eigenvalue weighted by Gasteiger charge is 2.25. The van der Waals surface area contributed by atoms with E-state index in [9.17, 15) is 5.11 Å². The second-order valence-corrected chi connectivity index (χ2v) is 4.99. The number of nitrogens with zero attached hydrogens (tertiary/aromatic N) is 1. The molecule has 2 N–H and O–H groups in total. The number of benzene rings is 1. The molecular formula is C15H25NO2. The lowest BCUT2D eigenvalue weighted by molar-refractivity contribution is 0.0111. The highest BCUT2D eigenvalue weighted by Crippen LogP contribution is 2.21. The van der Waals surface area contributed by atoms with Crippen LogP contribution in [0.15, 0.2) is 30.3 Å². The molecule has 1 aromatic rings. The molecule has 0 amide bonds. The van der Waals surface area contributed by atoms with Crippen LogP contribution in [0.1, 0.15) is 32.3 Å². The SMILES string of the molecule is CCCCN(CCO)CC(C)(O)c1ccccc1. The number of rotatable bonds is 8. The van der Waals surface area contributed by atoms with Crippen molar-refractivity contribution in [1.29, 1.82) is 0 Å². The molecule has 1 rings (SSSR count). The van der Waals surface area contributed by atoms with Crippen LogP contribution in [-0.2, 0) is 5.60 Å². The van der Waals surface area contributed by atoms with Crippen molar-refractivity contribution < 1.29 is 10.2 Å². The van der Waals surface area contributed by atoms with Crippen LogP contribution in [0, 0.1) is 0 Å². The smallest absolute Gasteiger partial charge is 0.0994 e. The predicted octanol–water partition coefficient (Wildman–Crippen LogP) is 1.99. The summed E-state index contributed by atoms with van der Waals surface area (Å²) in [5.41, 5.74) is 0.0499. The molecule has 0 bridgehead atoms. The van der Waals surface area contributed by atoms with Crippen molar-refractivity contribution in [3.63, 3.8) is 0 Å². The van der Waals surface area contributed by atoms with Crippen molar-refractivity contribution in [1.82, 2.24) is 4.90 Å². The molecule has 1 atom stereocenters. The Hall–Kier alpha value is -0.900. The minimum atomic E-state index is -0.871. The van der Waals surface area contributed by atoms with Gasteiger partial charge in [0.1, 0.15) is 0 Å². The van der Waals surface area contributed by atoms with Gasteiger partial charge in [-0.3, -0.25) is 4.90 Å². The van der Waals surface area contributed by atoms with E-state index >= 15 is 0 Å². The second kappa shape index (κ2) is 7.52. The molecule has 102 valence electrons. The first-order valence-corrected chi connectivity index (χ1v) is 6.71. The molecule has 18 heavy (non-hydrogen) atoms. The molecule has 3 nitrogen and oxygen atoms in total. The summed E-state index contributed by atoms with van der Waals surface area (Å²) in [7, 11) is 0. The van der Waals surface area contributed by atoms with Crippen molar-refractivity contribution in [2.75, 3.05) is 26.2 Å². The fourth-order valence-electron chi connectivity index (χ4n) is 2.12. The van der Waals surface area contributed by atoms with E-state index in [4.69, 9.17) is 5.11 Å². The summed E-state index contributed by atoms with van der Waals surface area (Å²) in [6, 6.07) is 9.70. The van der Waals surface area contributed by atoms with Crippen molar-refractivity contribution in [2.45, 2.75) is 32.3 Å². The minimum Gasteiger partial charge on any atom is -0.395 e. The lowest BCUT2D eigenvalue weighted by Gasteiger charge is -2.31. The molecule has 0 saturated heterocycles. The number of unbranched alkanes of at least 4 members (excludes halogenated alkanes) is 1. The molecule has 0 aliphatic rings. The van der Waals surface area contributed by atoms with Gasteiger partial charge in [0.15, 0.2) is 0 Å². The van der Waals surface area contributed by atoms with E-state index < -0.39 is 5.60 Å². The maximum Gasteiger partial charge on any atom is 0.0994 e. The molecular weight excluding hydrogens is 226 g/mol. The first kappa shape index (κ1) is 15.2. The zero-order valence-electron chi connectivity index (χ0n) is 11.5. The number of hydrogen-bond acceptors (Lipinski definition) is 3. The van der Waals surface area contributed by atoms with Crippen LogP contribution in [0.25, 0.3) is 0 Å². The Kier molecular flexibility index (Phi) is 6.33. The fourth-order valence-corrected chi connectivity index (χ4v) is 2.12. The van der Waals surface area contributed by atoms with E-state index in [1.807, 2.05) is 37.3 Å². The first-order valence-electron chi connectivity index (χ1n) is 6.71. The van der Waals surface area contributed by atoms with Gasteiger partial charge in [-0.25, -0.2) is 0 Å². The summed E-state index contributed by atoms with van der Waals surface area (Å²) >= 11 is 0. The monoisotopic (exact) mass is 251 g/mol. The molecule has 0 spiro atoms. The van der Waals surface area contributed by atoms with Gasteiger partial charge in [-0.2, -0.15) is 0 Å². The third-order valence-electron chi connectivity index (χ3n) is 3.17. The van der Waals surface area contributed by atoms with Gasteiger partial charge in [-0.1, -0.05) is 43.7 Å². The van der Waals surface area contributed by atoms with Gasteiger partial charge in [0, 0.05) is 13.1 Å². The first-order chi connectivity index (χ1) is 8.60. The van der Waals surface area contributed by atoms with Crippen molar-refractivity contribution in [3.8, 4) is 0 Å². The minimum absolute atomic E-state index is 0.134. The standard InChI is InChI=1S/C15H25NO2/c1-3-4-10-16(11-12-17)13-15(2,18)14-8-6-5-7-9-14/h5-9,17-18H,3-4,10-13H2,1-2H3. The zero-order chi connectivity index (χ0) is 13.4. The van der Waals surface area contributed by atoms with Gasteiger partial charge >= 0.3 is 0 Å². The van der Waals surface area contributed by atoms with Crippen LogP contribution >= 0.6 is 0 Å². The molecule has 0 aromatic heterocycles. The van der Waals surface area contributed by atoms with Crippen LogP contribution < -0.4 is 0 Å². The van der Waals surface area contributed by atoms with Gasteiger partial charge in [-0.15, -0.1) is 0 Å². The summed E-state index contributed by atoms with van der Waals surface area (Å²) in [5, 5.41) is 19.6. The maximum absolute atomic E-state index is 10.6. The van der Waals surface area contributed by atoms with Crippen molar-refractivity contribution >= 4 is 0 Å². The lowest BCUT2D eigenvalue weighted by atomic mass is 9.95. The van der Waals surface area contributed by atoms with Gasteiger partial charge in [0.2, 0.25) is 0 Å². The third kappa shape index (κ3) is 4.77. The van der Waals surface area contributed by atoms with E-state index in [1.165, 1.54) is 0 Å². The number of hydrogen-bond donors (Lipinski definition) is 2. The van der Waals surface area contributed by atoms with Crippen molar-refractivity contribution in [3.05, 3.63) is 35.9 Å². The summed E-state index contributed by atoms with van der Waals surface area (Å²) in [6.45, 7) is 6.19. The van der Waals surface area contributed by atoms with E-state index in [2.05, 4.69) is 11.8 Å². The average Bonchev–Trinajstić information content (AvgIpc) is 2.37. The topological polar surface area (TPSA) is 43.7 Å². The summed E-state index contributed by atoms with van der Waals surface area (Å²) < 4.78 is 0. The lowest BCUT2D eigenvalue weighted by Crippen LogP contribution is -2.40. The summed E-state index contributed by atoms with van der Waals surface area (Å²) in [6.07, 6.45) is 2.21. The maximum atomic E-state index is 10.6. The van der Waals surface area contributed by atoms with Crippen molar-refractivity contribution in [2.24, 2.45) is 0 Å². The van der Waals surface area contributed by atoms with E-state index in [-0.39, 0.29) is 6.61 Å². The van der Waals surface area contributed by atoms with Crippen LogP contribution in [0.3, 0.4) is 0 Å². The van der Waals surface area contributed by atoms with Gasteiger partial charge < -0.3 is 10.2 Å². The Balaban J connectivity index is 2.66. The Bertz CT molecular complexity index is 325. The van der Waals surface area contributed by atoms with Crippen LogP contribution in [0.4, 0.5) is 0 Å².